The van der Waals surface area contributed by atoms with Gasteiger partial charge in [-0.25, -0.2) is 0 Å². The standard InChI is InChI=1S/C42H25NO/c1-2-11-26-24-38-36(22-25(26)10-1)35-23-27(20-21-37(35)43-38)40-29-13-3-5-15-31(29)41(32-16-6-4-14-30(32)40)34-18-9-17-33-28-12-7-8-19-39(28)44-42(33)34/h1-24,43H. The predicted molar refractivity (Wildman–Crippen MR) is 186 cm³/mol. The Morgan fingerprint density at radius 3 is 1.73 bits per heavy atom. The van der Waals surface area contributed by atoms with Crippen molar-refractivity contribution in [2.24, 2.45) is 0 Å². The van der Waals surface area contributed by atoms with E-state index in [0.717, 1.165) is 33.0 Å². The second-order valence-corrected chi connectivity index (χ2v) is 11.8. The normalized spacial score (nSPS) is 12.1. The fraction of sp³-hybridized carbons (Fsp3) is 0. The van der Waals surface area contributed by atoms with Gasteiger partial charge in [0.15, 0.2) is 0 Å². The van der Waals surface area contributed by atoms with Gasteiger partial charge in [-0.05, 0) is 73.8 Å². The minimum atomic E-state index is 0.917. The number of aromatic nitrogens is 1. The van der Waals surface area contributed by atoms with Crippen LogP contribution >= 0.6 is 0 Å². The third-order valence-electron chi connectivity index (χ3n) is 9.36. The fourth-order valence-electron chi connectivity index (χ4n) is 7.42. The largest absolute Gasteiger partial charge is 0.455 e. The van der Waals surface area contributed by atoms with E-state index in [1.165, 1.54) is 65.3 Å². The van der Waals surface area contributed by atoms with Crippen molar-refractivity contribution < 1.29 is 4.42 Å². The third-order valence-corrected chi connectivity index (χ3v) is 9.36. The molecule has 44 heavy (non-hydrogen) atoms. The van der Waals surface area contributed by atoms with Gasteiger partial charge in [-0.15, -0.1) is 0 Å². The Hall–Kier alpha value is -5.86. The molecule has 0 aliphatic rings. The molecule has 0 spiro atoms. The summed E-state index contributed by atoms with van der Waals surface area (Å²) in [6.45, 7) is 0. The lowest BCUT2D eigenvalue weighted by Crippen LogP contribution is -1.91. The smallest absolute Gasteiger partial charge is 0.143 e. The van der Waals surface area contributed by atoms with E-state index in [4.69, 9.17) is 4.42 Å². The van der Waals surface area contributed by atoms with E-state index >= 15 is 0 Å². The molecule has 2 heterocycles. The molecule has 1 N–H and O–H groups in total. The molecule has 8 aromatic carbocycles. The number of hydrogen-bond donors (Lipinski definition) is 1. The number of para-hydroxylation sites is 2. The molecule has 0 aliphatic carbocycles. The van der Waals surface area contributed by atoms with E-state index in [2.05, 4.69) is 145 Å². The van der Waals surface area contributed by atoms with Gasteiger partial charge in [0, 0.05) is 43.7 Å². The third kappa shape index (κ3) is 3.25. The molecule has 0 unspecified atom stereocenters. The number of H-pyrrole nitrogens is 1. The highest BCUT2D eigenvalue weighted by Gasteiger charge is 2.20. The zero-order chi connectivity index (χ0) is 28.8. The Morgan fingerprint density at radius 2 is 0.977 bits per heavy atom. The molecule has 10 aromatic rings. The Kier molecular flexibility index (Phi) is 4.75. The summed E-state index contributed by atoms with van der Waals surface area (Å²) >= 11 is 0. The summed E-state index contributed by atoms with van der Waals surface area (Å²) in [5.41, 5.74) is 8.98. The Labute approximate surface area is 252 Å². The number of aromatic amines is 1. The fourth-order valence-corrected chi connectivity index (χ4v) is 7.42. The Balaban J connectivity index is 1.30. The van der Waals surface area contributed by atoms with Gasteiger partial charge in [0.1, 0.15) is 11.2 Å². The molecule has 0 amide bonds. The zero-order valence-corrected chi connectivity index (χ0v) is 23.8. The van der Waals surface area contributed by atoms with E-state index < -0.39 is 0 Å². The van der Waals surface area contributed by atoms with Gasteiger partial charge in [0.2, 0.25) is 0 Å². The summed E-state index contributed by atoms with van der Waals surface area (Å²) in [4.78, 5) is 3.67. The lowest BCUT2D eigenvalue weighted by molar-refractivity contribution is 0.670. The van der Waals surface area contributed by atoms with E-state index in [9.17, 15) is 0 Å². The van der Waals surface area contributed by atoms with Gasteiger partial charge < -0.3 is 9.40 Å². The lowest BCUT2D eigenvalue weighted by atomic mass is 9.85. The molecule has 0 aliphatic heterocycles. The summed E-state index contributed by atoms with van der Waals surface area (Å²) in [5, 5.41) is 12.2. The molecule has 0 atom stereocenters. The number of rotatable bonds is 2. The van der Waals surface area contributed by atoms with Gasteiger partial charge in [0.25, 0.3) is 0 Å². The van der Waals surface area contributed by atoms with Crippen molar-refractivity contribution in [2.75, 3.05) is 0 Å². The van der Waals surface area contributed by atoms with Gasteiger partial charge in [0.05, 0.1) is 0 Å². The number of fused-ring (bicyclic) bond motifs is 9. The molecular weight excluding hydrogens is 534 g/mol. The molecule has 0 bridgehead atoms. The molecule has 2 aromatic heterocycles. The molecule has 2 nitrogen and oxygen atoms in total. The van der Waals surface area contributed by atoms with Crippen molar-refractivity contribution in [3.63, 3.8) is 0 Å². The molecule has 0 saturated heterocycles. The number of nitrogens with one attached hydrogen (secondary N) is 1. The quantitative estimate of drug-likeness (QED) is 0.210. The molecule has 10 rings (SSSR count). The Bertz CT molecular complexity index is 2720. The first-order chi connectivity index (χ1) is 21.8. The topological polar surface area (TPSA) is 28.9 Å². The average Bonchev–Trinajstić information content (AvgIpc) is 3.64. The first-order valence-corrected chi connectivity index (χ1v) is 15.1. The molecule has 0 radical (unpaired) electrons. The second-order valence-electron chi connectivity index (χ2n) is 11.8. The molecule has 0 fully saturated rings. The lowest BCUT2D eigenvalue weighted by Gasteiger charge is -2.18. The highest BCUT2D eigenvalue weighted by molar-refractivity contribution is 6.25. The van der Waals surface area contributed by atoms with Crippen LogP contribution in [-0.4, -0.2) is 4.98 Å². The van der Waals surface area contributed by atoms with Gasteiger partial charge in [-0.2, -0.15) is 0 Å². The maximum atomic E-state index is 6.56. The van der Waals surface area contributed by atoms with Crippen LogP contribution < -0.4 is 0 Å². The summed E-state index contributed by atoms with van der Waals surface area (Å²) in [7, 11) is 0. The van der Waals surface area contributed by atoms with Crippen molar-refractivity contribution in [1.29, 1.82) is 0 Å². The van der Waals surface area contributed by atoms with Crippen LogP contribution in [0.5, 0.6) is 0 Å². The highest BCUT2D eigenvalue weighted by Crippen LogP contribution is 2.47. The van der Waals surface area contributed by atoms with Crippen LogP contribution in [0.25, 0.3) is 98.3 Å². The van der Waals surface area contributed by atoms with E-state index in [1.807, 2.05) is 6.07 Å². The molecule has 204 valence electrons. The first-order valence-electron chi connectivity index (χ1n) is 15.1. The predicted octanol–water partition coefficient (Wildman–Crippen LogP) is 12.0. The van der Waals surface area contributed by atoms with Crippen LogP contribution in [0.4, 0.5) is 0 Å². The SMILES string of the molecule is c1ccc2cc3c(cc2c1)[nH]c1ccc(-c2c4ccccc4c(-c4cccc5c4oc4ccccc45)c4ccccc24)cc13. The summed E-state index contributed by atoms with van der Waals surface area (Å²) in [6.07, 6.45) is 0. The van der Waals surface area contributed by atoms with Crippen molar-refractivity contribution in [3.05, 3.63) is 146 Å². The van der Waals surface area contributed by atoms with Crippen LogP contribution in [0.1, 0.15) is 0 Å². The first kappa shape index (κ1) is 23.7. The van der Waals surface area contributed by atoms with Crippen LogP contribution in [-0.2, 0) is 0 Å². The summed E-state index contributed by atoms with van der Waals surface area (Å²) in [6, 6.07) is 52.6. The van der Waals surface area contributed by atoms with Crippen LogP contribution in [0.2, 0.25) is 0 Å². The van der Waals surface area contributed by atoms with Crippen molar-refractivity contribution in [1.82, 2.24) is 4.98 Å². The zero-order valence-electron chi connectivity index (χ0n) is 23.8. The van der Waals surface area contributed by atoms with Crippen molar-refractivity contribution in [3.8, 4) is 22.3 Å². The van der Waals surface area contributed by atoms with E-state index in [0.29, 0.717) is 0 Å². The van der Waals surface area contributed by atoms with Gasteiger partial charge in [-0.1, -0.05) is 115 Å². The average molecular weight is 560 g/mol. The minimum absolute atomic E-state index is 0.917. The van der Waals surface area contributed by atoms with Gasteiger partial charge >= 0.3 is 0 Å². The monoisotopic (exact) mass is 559 g/mol. The number of furan rings is 1. The molecule has 2 heteroatoms. The maximum Gasteiger partial charge on any atom is 0.143 e. The number of benzene rings is 8. The van der Waals surface area contributed by atoms with E-state index in [-0.39, 0.29) is 0 Å². The van der Waals surface area contributed by atoms with Crippen LogP contribution in [0, 0.1) is 0 Å². The molecular formula is C42H25NO. The van der Waals surface area contributed by atoms with E-state index in [1.54, 1.807) is 0 Å². The second kappa shape index (κ2) is 8.82. The highest BCUT2D eigenvalue weighted by atomic mass is 16.3. The van der Waals surface area contributed by atoms with Gasteiger partial charge in [-0.3, -0.25) is 0 Å². The van der Waals surface area contributed by atoms with Crippen molar-refractivity contribution in [2.45, 2.75) is 0 Å². The van der Waals surface area contributed by atoms with Crippen LogP contribution in [0.15, 0.2) is 150 Å². The summed E-state index contributed by atoms with van der Waals surface area (Å²) < 4.78 is 6.56. The maximum absolute atomic E-state index is 6.56. The molecule has 0 saturated carbocycles. The summed E-state index contributed by atoms with van der Waals surface area (Å²) in [5.74, 6) is 0. The van der Waals surface area contributed by atoms with Crippen LogP contribution in [0.3, 0.4) is 0 Å². The Morgan fingerprint density at radius 1 is 0.386 bits per heavy atom. The minimum Gasteiger partial charge on any atom is -0.455 e. The van der Waals surface area contributed by atoms with Crippen molar-refractivity contribution >= 4 is 76.1 Å². The number of hydrogen-bond acceptors (Lipinski definition) is 1.